The van der Waals surface area contributed by atoms with Crippen LogP contribution in [0.5, 0.6) is 0 Å². The highest BCUT2D eigenvalue weighted by molar-refractivity contribution is 7.13. The third-order valence-corrected chi connectivity index (χ3v) is 4.67. The molecule has 1 aliphatic heterocycles. The van der Waals surface area contributed by atoms with Crippen LogP contribution in [0, 0.1) is 0 Å². The predicted octanol–water partition coefficient (Wildman–Crippen LogP) is 4.20. The minimum Gasteiger partial charge on any atom is -0.444 e. The normalized spacial score (nSPS) is 18.3. The van der Waals surface area contributed by atoms with Crippen molar-refractivity contribution < 1.29 is 14.3 Å². The van der Waals surface area contributed by atoms with Gasteiger partial charge in [-0.2, -0.15) is 0 Å². The molecule has 1 amide bonds. The van der Waals surface area contributed by atoms with Crippen molar-refractivity contribution in [1.29, 1.82) is 0 Å². The summed E-state index contributed by atoms with van der Waals surface area (Å²) in [5.74, 6) is 0. The van der Waals surface area contributed by atoms with Crippen LogP contribution in [-0.4, -0.2) is 29.4 Å². The fourth-order valence-corrected chi connectivity index (χ4v) is 3.81. The van der Waals surface area contributed by atoms with E-state index in [4.69, 9.17) is 4.74 Å². The van der Waals surface area contributed by atoms with Crippen LogP contribution in [0.1, 0.15) is 66.7 Å². The van der Waals surface area contributed by atoms with E-state index in [1.807, 2.05) is 31.7 Å². The molecule has 0 saturated heterocycles. The van der Waals surface area contributed by atoms with Crippen LogP contribution in [0.4, 0.5) is 4.79 Å². The summed E-state index contributed by atoms with van der Waals surface area (Å²) in [6, 6.07) is 1.99. The van der Waals surface area contributed by atoms with Gasteiger partial charge in [0.05, 0.1) is 10.9 Å². The molecule has 0 N–H and O–H groups in total. The number of hydrogen-bond donors (Lipinski definition) is 0. The number of fused-ring (bicyclic) bond motifs is 1. The molecule has 1 aromatic heterocycles. The number of nitrogens with zero attached hydrogens (tertiary/aromatic N) is 1. The summed E-state index contributed by atoms with van der Waals surface area (Å²) in [4.78, 5) is 27.1. The molecule has 0 aromatic carbocycles. The smallest absolute Gasteiger partial charge is 0.410 e. The number of rotatable bonds is 3. The van der Waals surface area contributed by atoms with Gasteiger partial charge < -0.3 is 9.64 Å². The van der Waals surface area contributed by atoms with E-state index in [0.717, 1.165) is 35.3 Å². The lowest BCUT2D eigenvalue weighted by Crippen LogP contribution is -2.42. The van der Waals surface area contributed by atoms with Crippen LogP contribution in [-0.2, 0) is 11.2 Å². The van der Waals surface area contributed by atoms with Gasteiger partial charge in [-0.25, -0.2) is 4.79 Å². The zero-order valence-electron chi connectivity index (χ0n) is 13.1. The molecule has 2 rings (SSSR count). The molecule has 1 aromatic rings. The van der Waals surface area contributed by atoms with Crippen LogP contribution in [0.3, 0.4) is 0 Å². The third-order valence-electron chi connectivity index (χ3n) is 3.47. The van der Waals surface area contributed by atoms with Gasteiger partial charge in [0.15, 0.2) is 6.29 Å². The molecule has 1 atom stereocenters. The molecule has 0 fully saturated rings. The summed E-state index contributed by atoms with van der Waals surface area (Å²) in [6.07, 6.45) is 3.30. The first kappa shape index (κ1) is 16.0. The number of ether oxygens (including phenoxy) is 1. The summed E-state index contributed by atoms with van der Waals surface area (Å²) < 4.78 is 5.52. The van der Waals surface area contributed by atoms with E-state index in [-0.39, 0.29) is 12.1 Å². The van der Waals surface area contributed by atoms with Gasteiger partial charge in [-0.05, 0) is 45.2 Å². The second-order valence-corrected chi connectivity index (χ2v) is 7.50. The Kier molecular flexibility index (Phi) is 4.71. The Morgan fingerprint density at radius 1 is 1.52 bits per heavy atom. The van der Waals surface area contributed by atoms with Gasteiger partial charge in [0.2, 0.25) is 0 Å². The average Bonchev–Trinajstić information content (AvgIpc) is 2.80. The highest BCUT2D eigenvalue weighted by atomic mass is 32.1. The molecule has 0 bridgehead atoms. The van der Waals surface area contributed by atoms with Crippen molar-refractivity contribution in [3.8, 4) is 0 Å². The zero-order chi connectivity index (χ0) is 15.6. The molecule has 4 nitrogen and oxygen atoms in total. The SMILES string of the molecule is CCCC1c2sc(C=O)cc2CCN1C(=O)OC(C)(C)C. The number of carbonyl (C=O) groups excluding carboxylic acids is 2. The maximum absolute atomic E-state index is 12.4. The molecular weight excluding hydrogens is 286 g/mol. The molecule has 5 heteroatoms. The molecular formula is C16H23NO3S. The summed E-state index contributed by atoms with van der Waals surface area (Å²) in [5.41, 5.74) is 0.720. The monoisotopic (exact) mass is 309 g/mol. The molecule has 0 spiro atoms. The first-order valence-electron chi connectivity index (χ1n) is 7.43. The standard InChI is InChI=1S/C16H23NO3S/c1-5-6-13-14-11(9-12(10-18)21-14)7-8-17(13)15(19)20-16(2,3)4/h9-10,13H,5-8H2,1-4H3. The van der Waals surface area contributed by atoms with Gasteiger partial charge in [-0.3, -0.25) is 4.79 Å². The molecule has 0 aliphatic carbocycles. The quantitative estimate of drug-likeness (QED) is 0.786. The van der Waals surface area contributed by atoms with E-state index in [9.17, 15) is 9.59 Å². The van der Waals surface area contributed by atoms with E-state index in [1.165, 1.54) is 16.9 Å². The van der Waals surface area contributed by atoms with E-state index < -0.39 is 5.60 Å². The molecule has 1 unspecified atom stereocenters. The van der Waals surface area contributed by atoms with Gasteiger partial charge in [-0.1, -0.05) is 13.3 Å². The second-order valence-electron chi connectivity index (χ2n) is 6.38. The second kappa shape index (κ2) is 6.18. The van der Waals surface area contributed by atoms with Crippen LogP contribution >= 0.6 is 11.3 Å². The number of aldehydes is 1. The Labute approximate surface area is 130 Å². The number of carbonyl (C=O) groups is 2. The van der Waals surface area contributed by atoms with E-state index in [0.29, 0.717) is 6.54 Å². The minimum atomic E-state index is -0.489. The van der Waals surface area contributed by atoms with Gasteiger partial charge in [0.1, 0.15) is 5.60 Å². The van der Waals surface area contributed by atoms with Crippen LogP contribution in [0.15, 0.2) is 6.07 Å². The van der Waals surface area contributed by atoms with Gasteiger partial charge >= 0.3 is 6.09 Å². The van der Waals surface area contributed by atoms with Crippen LogP contribution < -0.4 is 0 Å². The largest absolute Gasteiger partial charge is 0.444 e. The van der Waals surface area contributed by atoms with E-state index >= 15 is 0 Å². The highest BCUT2D eigenvalue weighted by Crippen LogP contribution is 2.39. The Balaban J connectivity index is 2.27. The van der Waals surface area contributed by atoms with Crippen molar-refractivity contribution in [3.63, 3.8) is 0 Å². The lowest BCUT2D eigenvalue weighted by molar-refractivity contribution is 0.0136. The van der Waals surface area contributed by atoms with E-state index in [2.05, 4.69) is 6.92 Å². The van der Waals surface area contributed by atoms with Crippen molar-refractivity contribution in [3.05, 3.63) is 21.4 Å². The van der Waals surface area contributed by atoms with Crippen molar-refractivity contribution in [2.24, 2.45) is 0 Å². The fourth-order valence-electron chi connectivity index (χ4n) is 2.64. The maximum Gasteiger partial charge on any atom is 0.410 e. The molecule has 0 saturated carbocycles. The average molecular weight is 309 g/mol. The number of amides is 1. The summed E-state index contributed by atoms with van der Waals surface area (Å²) in [5, 5.41) is 0. The Morgan fingerprint density at radius 2 is 2.24 bits per heavy atom. The van der Waals surface area contributed by atoms with E-state index in [1.54, 1.807) is 0 Å². The summed E-state index contributed by atoms with van der Waals surface area (Å²) in [7, 11) is 0. The van der Waals surface area contributed by atoms with Crippen molar-refractivity contribution in [2.45, 2.75) is 58.6 Å². The first-order chi connectivity index (χ1) is 9.85. The Hall–Kier alpha value is -1.36. The Bertz CT molecular complexity index is 530. The van der Waals surface area contributed by atoms with Gasteiger partial charge in [0.25, 0.3) is 0 Å². The zero-order valence-corrected chi connectivity index (χ0v) is 14.0. The van der Waals surface area contributed by atoms with Crippen molar-refractivity contribution >= 4 is 23.7 Å². The minimum absolute atomic E-state index is 0.0345. The third kappa shape index (κ3) is 3.64. The summed E-state index contributed by atoms with van der Waals surface area (Å²) in [6.45, 7) is 8.40. The van der Waals surface area contributed by atoms with Crippen molar-refractivity contribution in [1.82, 2.24) is 4.90 Å². The number of thiophene rings is 1. The molecule has 2 heterocycles. The van der Waals surface area contributed by atoms with Crippen molar-refractivity contribution in [2.75, 3.05) is 6.54 Å². The fraction of sp³-hybridized carbons (Fsp3) is 0.625. The molecule has 0 radical (unpaired) electrons. The molecule has 1 aliphatic rings. The predicted molar refractivity (Wildman–Crippen MR) is 84.0 cm³/mol. The molecule has 21 heavy (non-hydrogen) atoms. The van der Waals surface area contributed by atoms with Crippen LogP contribution in [0.25, 0.3) is 0 Å². The lowest BCUT2D eigenvalue weighted by atomic mass is 9.98. The number of hydrogen-bond acceptors (Lipinski definition) is 4. The summed E-state index contributed by atoms with van der Waals surface area (Å²) >= 11 is 1.51. The highest BCUT2D eigenvalue weighted by Gasteiger charge is 2.34. The Morgan fingerprint density at radius 3 is 2.81 bits per heavy atom. The molecule has 116 valence electrons. The lowest BCUT2D eigenvalue weighted by Gasteiger charge is -2.36. The first-order valence-corrected chi connectivity index (χ1v) is 8.24. The topological polar surface area (TPSA) is 46.6 Å². The van der Waals surface area contributed by atoms with Gasteiger partial charge in [0, 0.05) is 11.4 Å². The maximum atomic E-state index is 12.4. The van der Waals surface area contributed by atoms with Crippen LogP contribution in [0.2, 0.25) is 0 Å². The van der Waals surface area contributed by atoms with Gasteiger partial charge in [-0.15, -0.1) is 11.3 Å².